The van der Waals surface area contributed by atoms with Gasteiger partial charge < -0.3 is 5.73 Å². The van der Waals surface area contributed by atoms with Crippen molar-refractivity contribution < 1.29 is 4.39 Å². The second-order valence-corrected chi connectivity index (χ2v) is 2.67. The molecular weight excluding hydrogens is 183 g/mol. The first-order valence-corrected chi connectivity index (χ1v) is 3.96. The normalized spacial score (nSPS) is 10.1. The Bertz CT molecular complexity index is 441. The van der Waals surface area contributed by atoms with E-state index in [2.05, 4.69) is 15.0 Å². The summed E-state index contributed by atoms with van der Waals surface area (Å²) in [6.45, 7) is 0. The van der Waals surface area contributed by atoms with Crippen LogP contribution in [0.25, 0.3) is 11.5 Å². The Balaban J connectivity index is 2.44. The maximum Gasteiger partial charge on any atom is 0.180 e. The molecule has 0 bridgehead atoms. The van der Waals surface area contributed by atoms with Gasteiger partial charge >= 0.3 is 0 Å². The number of nitrogen functional groups attached to an aromatic ring is 1. The molecule has 2 aromatic rings. The first-order valence-electron chi connectivity index (χ1n) is 3.96. The largest absolute Gasteiger partial charge is 0.384 e. The van der Waals surface area contributed by atoms with Crippen LogP contribution >= 0.6 is 0 Å². The minimum atomic E-state index is -0.391. The average Bonchev–Trinajstić information content (AvgIpc) is 2.19. The van der Waals surface area contributed by atoms with E-state index in [0.29, 0.717) is 17.3 Å². The van der Waals surface area contributed by atoms with Gasteiger partial charge in [-0.2, -0.15) is 0 Å². The molecule has 0 aliphatic carbocycles. The molecule has 0 fully saturated rings. The maximum absolute atomic E-state index is 12.6. The van der Waals surface area contributed by atoms with E-state index in [1.54, 1.807) is 6.07 Å². The highest BCUT2D eigenvalue weighted by Gasteiger charge is 2.02. The maximum atomic E-state index is 12.6. The van der Waals surface area contributed by atoms with Gasteiger partial charge in [0.25, 0.3) is 0 Å². The lowest BCUT2D eigenvalue weighted by molar-refractivity contribution is 0.621. The van der Waals surface area contributed by atoms with Crippen LogP contribution in [0.3, 0.4) is 0 Å². The Morgan fingerprint density at radius 1 is 1.14 bits per heavy atom. The Labute approximate surface area is 79.7 Å². The van der Waals surface area contributed by atoms with Crippen LogP contribution in [-0.2, 0) is 0 Å². The molecule has 14 heavy (non-hydrogen) atoms. The van der Waals surface area contributed by atoms with Gasteiger partial charge in [-0.25, -0.2) is 19.3 Å². The topological polar surface area (TPSA) is 64.7 Å². The van der Waals surface area contributed by atoms with Crippen molar-refractivity contribution in [1.29, 1.82) is 0 Å². The molecule has 70 valence electrons. The molecule has 5 heteroatoms. The average molecular weight is 190 g/mol. The zero-order valence-corrected chi connectivity index (χ0v) is 7.18. The highest BCUT2D eigenvalue weighted by molar-refractivity contribution is 5.50. The van der Waals surface area contributed by atoms with E-state index in [0.717, 1.165) is 6.20 Å². The van der Waals surface area contributed by atoms with Crippen LogP contribution in [0.5, 0.6) is 0 Å². The summed E-state index contributed by atoms with van der Waals surface area (Å²) in [4.78, 5) is 11.8. The fraction of sp³-hybridized carbons (Fsp3) is 0. The van der Waals surface area contributed by atoms with Gasteiger partial charge in [0.1, 0.15) is 17.3 Å². The summed E-state index contributed by atoms with van der Waals surface area (Å²) in [5.41, 5.74) is 5.97. The zero-order valence-electron chi connectivity index (χ0n) is 7.18. The first-order chi connectivity index (χ1) is 6.75. The van der Waals surface area contributed by atoms with Gasteiger partial charge in [0.15, 0.2) is 5.82 Å². The van der Waals surface area contributed by atoms with E-state index in [4.69, 9.17) is 5.73 Å². The molecule has 2 rings (SSSR count). The third-order valence-electron chi connectivity index (χ3n) is 1.63. The summed E-state index contributed by atoms with van der Waals surface area (Å²) in [7, 11) is 0. The highest BCUT2D eigenvalue weighted by Crippen LogP contribution is 2.11. The Morgan fingerprint density at radius 2 is 2.00 bits per heavy atom. The molecule has 2 aromatic heterocycles. The van der Waals surface area contributed by atoms with E-state index < -0.39 is 5.82 Å². The van der Waals surface area contributed by atoms with Gasteiger partial charge in [0.2, 0.25) is 0 Å². The van der Waals surface area contributed by atoms with Crippen molar-refractivity contribution in [2.75, 3.05) is 5.73 Å². The number of halogens is 1. The number of aromatic nitrogens is 3. The molecule has 0 atom stereocenters. The van der Waals surface area contributed by atoms with E-state index in [1.165, 1.54) is 18.3 Å². The van der Waals surface area contributed by atoms with Crippen molar-refractivity contribution in [3.8, 4) is 11.5 Å². The quantitative estimate of drug-likeness (QED) is 0.735. The van der Waals surface area contributed by atoms with Crippen LogP contribution in [-0.4, -0.2) is 15.0 Å². The second-order valence-electron chi connectivity index (χ2n) is 2.67. The minimum absolute atomic E-state index is 0.362. The Morgan fingerprint density at radius 3 is 2.64 bits per heavy atom. The summed E-state index contributed by atoms with van der Waals surface area (Å²) in [5.74, 6) is 0.365. The number of hydrogen-bond acceptors (Lipinski definition) is 4. The van der Waals surface area contributed by atoms with Crippen molar-refractivity contribution in [2.45, 2.75) is 0 Å². The lowest BCUT2D eigenvalue weighted by Gasteiger charge is -1.98. The number of rotatable bonds is 1. The highest BCUT2D eigenvalue weighted by atomic mass is 19.1. The van der Waals surface area contributed by atoms with Crippen LogP contribution in [0, 0.1) is 5.82 Å². The molecule has 0 aromatic carbocycles. The third kappa shape index (κ3) is 1.66. The first kappa shape index (κ1) is 8.55. The second kappa shape index (κ2) is 3.37. The molecule has 0 radical (unpaired) electrons. The van der Waals surface area contributed by atoms with E-state index in [-0.39, 0.29) is 0 Å². The standard InChI is InChI=1S/C9H7FN4/c10-6-1-2-7(13-5-6)9-12-4-3-8(11)14-9/h1-5H,(H2,11,12,14). The minimum Gasteiger partial charge on any atom is -0.384 e. The van der Waals surface area contributed by atoms with E-state index in [9.17, 15) is 4.39 Å². The van der Waals surface area contributed by atoms with Crippen molar-refractivity contribution in [3.05, 3.63) is 36.4 Å². The predicted octanol–water partition coefficient (Wildman–Crippen LogP) is 1.26. The third-order valence-corrected chi connectivity index (χ3v) is 1.63. The van der Waals surface area contributed by atoms with Crippen LogP contribution in [0.2, 0.25) is 0 Å². The molecule has 0 saturated carbocycles. The SMILES string of the molecule is Nc1ccnc(-c2ccc(F)cn2)n1. The van der Waals surface area contributed by atoms with Gasteiger partial charge in [-0.1, -0.05) is 0 Å². The van der Waals surface area contributed by atoms with Crippen LogP contribution in [0.4, 0.5) is 10.2 Å². The number of hydrogen-bond donors (Lipinski definition) is 1. The molecule has 4 nitrogen and oxygen atoms in total. The summed E-state index contributed by atoms with van der Waals surface area (Å²) < 4.78 is 12.6. The lowest BCUT2D eigenvalue weighted by Crippen LogP contribution is -1.95. The zero-order chi connectivity index (χ0) is 9.97. The van der Waals surface area contributed by atoms with Crippen LogP contribution in [0.15, 0.2) is 30.6 Å². The van der Waals surface area contributed by atoms with Crippen molar-refractivity contribution >= 4 is 5.82 Å². The van der Waals surface area contributed by atoms with Crippen LogP contribution in [0.1, 0.15) is 0 Å². The molecular formula is C9H7FN4. The van der Waals surface area contributed by atoms with Gasteiger partial charge in [-0.05, 0) is 18.2 Å². The van der Waals surface area contributed by atoms with Crippen molar-refractivity contribution in [3.63, 3.8) is 0 Å². The molecule has 0 spiro atoms. The molecule has 0 aliphatic heterocycles. The molecule has 2 N–H and O–H groups in total. The summed E-state index contributed by atoms with van der Waals surface area (Å²) in [5, 5.41) is 0. The smallest absolute Gasteiger partial charge is 0.180 e. The molecule has 0 saturated heterocycles. The van der Waals surface area contributed by atoms with Crippen molar-refractivity contribution in [1.82, 2.24) is 15.0 Å². The number of anilines is 1. The summed E-state index contributed by atoms with van der Waals surface area (Å²) >= 11 is 0. The number of nitrogens with two attached hydrogens (primary N) is 1. The van der Waals surface area contributed by atoms with E-state index >= 15 is 0 Å². The fourth-order valence-electron chi connectivity index (χ4n) is 1.00. The van der Waals surface area contributed by atoms with E-state index in [1.807, 2.05) is 0 Å². The summed E-state index contributed by atoms with van der Waals surface area (Å²) in [6.07, 6.45) is 2.64. The molecule has 0 aliphatic rings. The summed E-state index contributed by atoms with van der Waals surface area (Å²) in [6, 6.07) is 4.38. The van der Waals surface area contributed by atoms with Gasteiger partial charge in [0, 0.05) is 6.20 Å². The van der Waals surface area contributed by atoms with Crippen molar-refractivity contribution in [2.24, 2.45) is 0 Å². The lowest BCUT2D eigenvalue weighted by atomic mass is 10.3. The Hall–Kier alpha value is -2.04. The van der Waals surface area contributed by atoms with Gasteiger partial charge in [-0.3, -0.25) is 0 Å². The molecule has 0 unspecified atom stereocenters. The monoisotopic (exact) mass is 190 g/mol. The Kier molecular flexibility index (Phi) is 2.06. The fourth-order valence-corrected chi connectivity index (χ4v) is 1.00. The predicted molar refractivity (Wildman–Crippen MR) is 49.6 cm³/mol. The number of pyridine rings is 1. The number of nitrogens with zero attached hydrogens (tertiary/aromatic N) is 3. The van der Waals surface area contributed by atoms with Gasteiger partial charge in [-0.15, -0.1) is 0 Å². The molecule has 2 heterocycles. The van der Waals surface area contributed by atoms with Gasteiger partial charge in [0.05, 0.1) is 6.20 Å². The van der Waals surface area contributed by atoms with Crippen LogP contribution < -0.4 is 5.73 Å². The molecule has 0 amide bonds.